The second-order valence-corrected chi connectivity index (χ2v) is 5.16. The molecule has 19 heavy (non-hydrogen) atoms. The Bertz CT molecular complexity index is 583. The van der Waals surface area contributed by atoms with E-state index in [-0.39, 0.29) is 5.91 Å². The van der Waals surface area contributed by atoms with Gasteiger partial charge < -0.3 is 10.6 Å². The van der Waals surface area contributed by atoms with Gasteiger partial charge in [0.2, 0.25) is 0 Å². The zero-order valence-corrected chi connectivity index (χ0v) is 11.5. The van der Waals surface area contributed by atoms with E-state index in [1.165, 1.54) is 16.7 Å². The number of nitrogen functional groups attached to an aromatic ring is 1. The molecule has 2 rings (SSSR count). The highest BCUT2D eigenvalue weighted by atomic mass is 32.2. The minimum atomic E-state index is -0.164. The number of anilines is 1. The molecule has 0 unspecified atom stereocenters. The van der Waals surface area contributed by atoms with Crippen LogP contribution in [0.25, 0.3) is 0 Å². The van der Waals surface area contributed by atoms with E-state index in [9.17, 15) is 4.79 Å². The SMILES string of the molecule is CN(C)C(=O)c1ccc(Sc2ccccc2N)nn1. The molecule has 0 fully saturated rings. The zero-order chi connectivity index (χ0) is 13.8. The number of hydrogen-bond acceptors (Lipinski definition) is 5. The Labute approximate surface area is 115 Å². The van der Waals surface area contributed by atoms with Gasteiger partial charge in [-0.15, -0.1) is 10.2 Å². The van der Waals surface area contributed by atoms with Gasteiger partial charge in [-0.2, -0.15) is 0 Å². The van der Waals surface area contributed by atoms with Crippen molar-refractivity contribution in [3.63, 3.8) is 0 Å². The fourth-order valence-electron chi connectivity index (χ4n) is 1.40. The lowest BCUT2D eigenvalue weighted by Gasteiger charge is -2.09. The van der Waals surface area contributed by atoms with Crippen LogP contribution >= 0.6 is 11.8 Å². The summed E-state index contributed by atoms with van der Waals surface area (Å²) in [6, 6.07) is 11.0. The van der Waals surface area contributed by atoms with Crippen LogP contribution in [0.15, 0.2) is 46.3 Å². The smallest absolute Gasteiger partial charge is 0.273 e. The van der Waals surface area contributed by atoms with Gasteiger partial charge in [0.25, 0.3) is 5.91 Å². The number of rotatable bonds is 3. The lowest BCUT2D eigenvalue weighted by molar-refractivity contribution is 0.0820. The summed E-state index contributed by atoms with van der Waals surface area (Å²) in [5, 5.41) is 8.65. The molecule has 2 aromatic rings. The molecule has 0 aliphatic carbocycles. The van der Waals surface area contributed by atoms with Crippen molar-refractivity contribution in [3.05, 3.63) is 42.1 Å². The predicted molar refractivity (Wildman–Crippen MR) is 75.0 cm³/mol. The second-order valence-electron chi connectivity index (χ2n) is 4.10. The molecule has 0 spiro atoms. The summed E-state index contributed by atoms with van der Waals surface area (Å²) < 4.78 is 0. The lowest BCUT2D eigenvalue weighted by Crippen LogP contribution is -2.23. The van der Waals surface area contributed by atoms with Crippen LogP contribution < -0.4 is 5.73 Å². The second kappa shape index (κ2) is 5.71. The van der Waals surface area contributed by atoms with Gasteiger partial charge >= 0.3 is 0 Å². The average molecular weight is 274 g/mol. The van der Waals surface area contributed by atoms with Gasteiger partial charge in [0, 0.05) is 24.7 Å². The molecule has 1 amide bonds. The Morgan fingerprint density at radius 1 is 1.16 bits per heavy atom. The number of amides is 1. The Balaban J connectivity index is 2.16. The van der Waals surface area contributed by atoms with Crippen LogP contribution in [0, 0.1) is 0 Å². The number of benzene rings is 1. The fraction of sp³-hybridized carbons (Fsp3) is 0.154. The first-order valence-electron chi connectivity index (χ1n) is 5.65. The summed E-state index contributed by atoms with van der Waals surface area (Å²) in [4.78, 5) is 14.0. The molecule has 1 aromatic heterocycles. The van der Waals surface area contributed by atoms with E-state index in [0.29, 0.717) is 16.4 Å². The number of nitrogens with two attached hydrogens (primary N) is 1. The highest BCUT2D eigenvalue weighted by Gasteiger charge is 2.10. The highest BCUT2D eigenvalue weighted by Crippen LogP contribution is 2.29. The monoisotopic (exact) mass is 274 g/mol. The molecule has 0 atom stereocenters. The van der Waals surface area contributed by atoms with E-state index >= 15 is 0 Å². The summed E-state index contributed by atoms with van der Waals surface area (Å²) in [7, 11) is 3.36. The standard InChI is InChI=1S/C13H14N4OS/c1-17(2)13(18)10-7-8-12(16-15-10)19-11-6-4-3-5-9(11)14/h3-8H,14H2,1-2H3. The summed E-state index contributed by atoms with van der Waals surface area (Å²) >= 11 is 1.42. The van der Waals surface area contributed by atoms with Gasteiger partial charge in [-0.25, -0.2) is 0 Å². The van der Waals surface area contributed by atoms with Gasteiger partial charge in [0.15, 0.2) is 5.69 Å². The molecule has 0 bridgehead atoms. The molecule has 0 saturated carbocycles. The maximum atomic E-state index is 11.7. The number of hydrogen-bond donors (Lipinski definition) is 1. The third-order valence-electron chi connectivity index (χ3n) is 2.40. The number of aromatic nitrogens is 2. The number of carbonyl (C=O) groups is 1. The Morgan fingerprint density at radius 2 is 1.89 bits per heavy atom. The van der Waals surface area contributed by atoms with Crippen LogP contribution in [0.5, 0.6) is 0 Å². The van der Waals surface area contributed by atoms with Crippen molar-refractivity contribution in [1.29, 1.82) is 0 Å². The molecule has 1 aromatic carbocycles. The van der Waals surface area contributed by atoms with Gasteiger partial charge in [0.1, 0.15) is 5.03 Å². The highest BCUT2D eigenvalue weighted by molar-refractivity contribution is 7.99. The summed E-state index contributed by atoms with van der Waals surface area (Å²) in [5.41, 5.74) is 6.88. The van der Waals surface area contributed by atoms with Crippen LogP contribution in [0.2, 0.25) is 0 Å². The van der Waals surface area contributed by atoms with E-state index in [1.807, 2.05) is 24.3 Å². The Kier molecular flexibility index (Phi) is 4.01. The van der Waals surface area contributed by atoms with E-state index in [2.05, 4.69) is 10.2 Å². The molecular formula is C13H14N4OS. The van der Waals surface area contributed by atoms with E-state index in [1.54, 1.807) is 26.2 Å². The Morgan fingerprint density at radius 3 is 2.47 bits per heavy atom. The summed E-state index contributed by atoms with van der Waals surface area (Å²) in [5.74, 6) is -0.164. The van der Waals surface area contributed by atoms with Crippen LogP contribution in [0.4, 0.5) is 5.69 Å². The van der Waals surface area contributed by atoms with Gasteiger partial charge in [0.05, 0.1) is 0 Å². The van der Waals surface area contributed by atoms with Gasteiger partial charge in [-0.3, -0.25) is 4.79 Å². The quantitative estimate of drug-likeness (QED) is 0.866. The Hall–Kier alpha value is -2.08. The number of carbonyl (C=O) groups excluding carboxylic acids is 1. The van der Waals surface area contributed by atoms with Crippen LogP contribution in [-0.4, -0.2) is 35.1 Å². The third-order valence-corrected chi connectivity index (χ3v) is 3.42. The molecule has 0 aliphatic heterocycles. The fourth-order valence-corrected chi connectivity index (χ4v) is 2.18. The minimum Gasteiger partial charge on any atom is -0.398 e. The first kappa shape index (κ1) is 13.4. The molecule has 6 heteroatoms. The van der Waals surface area contributed by atoms with Crippen molar-refractivity contribution < 1.29 is 4.79 Å². The third kappa shape index (κ3) is 3.23. The van der Waals surface area contributed by atoms with Crippen LogP contribution in [-0.2, 0) is 0 Å². The van der Waals surface area contributed by atoms with Crippen molar-refractivity contribution in [2.75, 3.05) is 19.8 Å². The minimum absolute atomic E-state index is 0.164. The normalized spacial score (nSPS) is 10.2. The van der Waals surface area contributed by atoms with Crippen molar-refractivity contribution in [1.82, 2.24) is 15.1 Å². The molecule has 5 nitrogen and oxygen atoms in total. The van der Waals surface area contributed by atoms with Crippen molar-refractivity contribution in [2.24, 2.45) is 0 Å². The predicted octanol–water partition coefficient (Wildman–Crippen LogP) is 1.91. The van der Waals surface area contributed by atoms with Crippen LogP contribution in [0.3, 0.4) is 0 Å². The zero-order valence-electron chi connectivity index (χ0n) is 10.7. The lowest BCUT2D eigenvalue weighted by atomic mass is 10.3. The topological polar surface area (TPSA) is 72.1 Å². The van der Waals surface area contributed by atoms with Crippen molar-refractivity contribution in [2.45, 2.75) is 9.92 Å². The van der Waals surface area contributed by atoms with Crippen molar-refractivity contribution >= 4 is 23.4 Å². The largest absolute Gasteiger partial charge is 0.398 e. The van der Waals surface area contributed by atoms with E-state index in [0.717, 1.165) is 4.90 Å². The molecule has 0 radical (unpaired) electrons. The maximum absolute atomic E-state index is 11.7. The molecule has 2 N–H and O–H groups in total. The molecule has 1 heterocycles. The van der Waals surface area contributed by atoms with Crippen molar-refractivity contribution in [3.8, 4) is 0 Å². The average Bonchev–Trinajstić information content (AvgIpc) is 2.41. The van der Waals surface area contributed by atoms with E-state index in [4.69, 9.17) is 5.73 Å². The molecule has 0 aliphatic rings. The van der Waals surface area contributed by atoms with Crippen LogP contribution in [0.1, 0.15) is 10.5 Å². The first-order chi connectivity index (χ1) is 9.08. The van der Waals surface area contributed by atoms with Gasteiger partial charge in [-0.05, 0) is 24.3 Å². The molecule has 0 saturated heterocycles. The first-order valence-corrected chi connectivity index (χ1v) is 6.47. The number of para-hydroxylation sites is 1. The maximum Gasteiger partial charge on any atom is 0.273 e. The summed E-state index contributed by atoms with van der Waals surface area (Å²) in [6.45, 7) is 0. The van der Waals surface area contributed by atoms with E-state index < -0.39 is 0 Å². The number of nitrogens with zero attached hydrogens (tertiary/aromatic N) is 3. The molecule has 98 valence electrons. The molecular weight excluding hydrogens is 260 g/mol. The van der Waals surface area contributed by atoms with Gasteiger partial charge in [-0.1, -0.05) is 23.9 Å². The summed E-state index contributed by atoms with van der Waals surface area (Å²) in [6.07, 6.45) is 0.